The summed E-state index contributed by atoms with van der Waals surface area (Å²) in [5.74, 6) is -0.823. The number of carbonyl (C=O) groups is 2. The number of hydrogen-bond donors (Lipinski definition) is 2. The minimum absolute atomic E-state index is 0.0807. The molecule has 21 heavy (non-hydrogen) atoms. The molecule has 0 aliphatic rings. The Morgan fingerprint density at radius 3 is 2.62 bits per heavy atom. The van der Waals surface area contributed by atoms with E-state index in [1.54, 1.807) is 37.3 Å². The molecule has 2 amide bonds. The Balaban J connectivity index is 2.33. The van der Waals surface area contributed by atoms with Gasteiger partial charge in [-0.05, 0) is 36.8 Å². The Bertz CT molecular complexity index is 701. The minimum atomic E-state index is -0.413. The zero-order valence-electron chi connectivity index (χ0n) is 11.6. The molecule has 108 valence electrons. The first kappa shape index (κ1) is 15.0. The van der Waals surface area contributed by atoms with Crippen molar-refractivity contribution in [3.8, 4) is 0 Å². The lowest BCUT2D eigenvalue weighted by molar-refractivity contribution is 0.0943. The van der Waals surface area contributed by atoms with E-state index in [0.29, 0.717) is 10.7 Å². The highest BCUT2D eigenvalue weighted by Crippen LogP contribution is 2.23. The van der Waals surface area contributed by atoms with Crippen LogP contribution < -0.4 is 10.6 Å². The second-order valence-electron chi connectivity index (χ2n) is 4.35. The van der Waals surface area contributed by atoms with E-state index in [1.807, 2.05) is 0 Å². The predicted octanol–water partition coefficient (Wildman–Crippen LogP) is 2.66. The summed E-state index contributed by atoms with van der Waals surface area (Å²) < 4.78 is 0. The molecule has 5 nitrogen and oxygen atoms in total. The molecule has 0 atom stereocenters. The zero-order chi connectivity index (χ0) is 15.4. The van der Waals surface area contributed by atoms with Gasteiger partial charge in [0, 0.05) is 24.0 Å². The topological polar surface area (TPSA) is 71.1 Å². The molecule has 2 rings (SSSR count). The molecule has 0 saturated carbocycles. The van der Waals surface area contributed by atoms with E-state index >= 15 is 0 Å². The van der Waals surface area contributed by atoms with Gasteiger partial charge in [-0.2, -0.15) is 0 Å². The van der Waals surface area contributed by atoms with Crippen molar-refractivity contribution < 1.29 is 9.59 Å². The van der Waals surface area contributed by atoms with Crippen molar-refractivity contribution >= 4 is 29.1 Å². The van der Waals surface area contributed by atoms with Crippen LogP contribution >= 0.6 is 11.6 Å². The highest BCUT2D eigenvalue weighted by atomic mass is 35.5. The Labute approximate surface area is 127 Å². The van der Waals surface area contributed by atoms with Gasteiger partial charge in [0.05, 0.1) is 5.56 Å². The highest BCUT2D eigenvalue weighted by Gasteiger charge is 2.18. The SMILES string of the molecule is CNC(=O)c1ncccc1C(=O)Nc1cccc(Cl)c1C. The van der Waals surface area contributed by atoms with Crippen molar-refractivity contribution in [2.75, 3.05) is 12.4 Å². The Morgan fingerprint density at radius 2 is 1.90 bits per heavy atom. The summed E-state index contributed by atoms with van der Waals surface area (Å²) in [7, 11) is 1.49. The van der Waals surface area contributed by atoms with E-state index in [4.69, 9.17) is 11.6 Å². The minimum Gasteiger partial charge on any atom is -0.354 e. The monoisotopic (exact) mass is 303 g/mol. The Hall–Kier alpha value is -2.40. The van der Waals surface area contributed by atoms with Crippen LogP contribution in [0.25, 0.3) is 0 Å². The summed E-state index contributed by atoms with van der Waals surface area (Å²) >= 11 is 6.02. The molecule has 1 heterocycles. The van der Waals surface area contributed by atoms with Crippen molar-refractivity contribution in [1.29, 1.82) is 0 Å². The normalized spacial score (nSPS) is 10.0. The molecule has 1 aromatic carbocycles. The van der Waals surface area contributed by atoms with Crippen LogP contribution in [0.2, 0.25) is 5.02 Å². The van der Waals surface area contributed by atoms with Crippen molar-refractivity contribution in [2.45, 2.75) is 6.92 Å². The third-order valence-corrected chi connectivity index (χ3v) is 3.42. The number of benzene rings is 1. The number of rotatable bonds is 3. The highest BCUT2D eigenvalue weighted by molar-refractivity contribution is 6.31. The van der Waals surface area contributed by atoms with E-state index in [1.165, 1.54) is 13.2 Å². The standard InChI is InChI=1S/C15H14ClN3O2/c1-9-11(16)6-3-7-12(9)19-14(20)10-5-4-8-18-13(10)15(21)17-2/h3-8H,1-2H3,(H,17,21)(H,19,20). The van der Waals surface area contributed by atoms with Gasteiger partial charge in [-0.25, -0.2) is 0 Å². The molecule has 0 aliphatic heterocycles. The molecule has 2 N–H and O–H groups in total. The molecule has 0 spiro atoms. The number of aromatic nitrogens is 1. The van der Waals surface area contributed by atoms with Crippen LogP contribution in [0.5, 0.6) is 0 Å². The molecule has 0 radical (unpaired) electrons. The van der Waals surface area contributed by atoms with Crippen LogP contribution in [0.15, 0.2) is 36.5 Å². The number of anilines is 1. The van der Waals surface area contributed by atoms with Crippen molar-refractivity contribution in [1.82, 2.24) is 10.3 Å². The maximum atomic E-state index is 12.3. The van der Waals surface area contributed by atoms with Crippen molar-refractivity contribution in [2.24, 2.45) is 0 Å². The van der Waals surface area contributed by atoms with Gasteiger partial charge in [0.1, 0.15) is 5.69 Å². The lowest BCUT2D eigenvalue weighted by Crippen LogP contribution is -2.24. The van der Waals surface area contributed by atoms with Crippen LogP contribution in [-0.2, 0) is 0 Å². The first-order chi connectivity index (χ1) is 10.0. The average Bonchev–Trinajstić information content (AvgIpc) is 2.51. The fourth-order valence-electron chi connectivity index (χ4n) is 1.82. The quantitative estimate of drug-likeness (QED) is 0.915. The summed E-state index contributed by atoms with van der Waals surface area (Å²) in [4.78, 5) is 28.0. The molecular formula is C15H14ClN3O2. The maximum absolute atomic E-state index is 12.3. The molecule has 0 bridgehead atoms. The van der Waals surface area contributed by atoms with Gasteiger partial charge < -0.3 is 10.6 Å². The van der Waals surface area contributed by atoms with Crippen LogP contribution in [0.1, 0.15) is 26.4 Å². The van der Waals surface area contributed by atoms with Gasteiger partial charge in [-0.1, -0.05) is 17.7 Å². The third-order valence-electron chi connectivity index (χ3n) is 3.01. The van der Waals surface area contributed by atoms with Gasteiger partial charge in [0.2, 0.25) is 0 Å². The molecule has 0 fully saturated rings. The molecule has 0 saturated heterocycles. The number of nitrogens with one attached hydrogen (secondary N) is 2. The summed E-state index contributed by atoms with van der Waals surface area (Å²) in [6, 6.07) is 8.38. The molecule has 2 aromatic rings. The van der Waals surface area contributed by atoms with Crippen molar-refractivity contribution in [3.63, 3.8) is 0 Å². The predicted molar refractivity (Wildman–Crippen MR) is 81.8 cm³/mol. The van der Waals surface area contributed by atoms with Crippen LogP contribution in [0.4, 0.5) is 5.69 Å². The fraction of sp³-hybridized carbons (Fsp3) is 0.133. The first-order valence-electron chi connectivity index (χ1n) is 6.28. The summed E-state index contributed by atoms with van der Waals surface area (Å²) in [5, 5.41) is 5.76. The van der Waals surface area contributed by atoms with Crippen LogP contribution in [0.3, 0.4) is 0 Å². The summed E-state index contributed by atoms with van der Waals surface area (Å²) in [5.41, 5.74) is 1.64. The van der Waals surface area contributed by atoms with E-state index in [2.05, 4.69) is 15.6 Å². The summed E-state index contributed by atoms with van der Waals surface area (Å²) in [6.45, 7) is 1.81. The maximum Gasteiger partial charge on any atom is 0.270 e. The van der Waals surface area contributed by atoms with E-state index in [0.717, 1.165) is 5.56 Å². The largest absolute Gasteiger partial charge is 0.354 e. The second-order valence-corrected chi connectivity index (χ2v) is 4.75. The Morgan fingerprint density at radius 1 is 1.14 bits per heavy atom. The first-order valence-corrected chi connectivity index (χ1v) is 6.66. The molecule has 0 unspecified atom stereocenters. The Kier molecular flexibility index (Phi) is 4.55. The number of pyridine rings is 1. The summed E-state index contributed by atoms with van der Waals surface area (Å²) in [6.07, 6.45) is 1.46. The third kappa shape index (κ3) is 3.20. The lowest BCUT2D eigenvalue weighted by Gasteiger charge is -2.11. The van der Waals surface area contributed by atoms with Gasteiger partial charge in [-0.15, -0.1) is 0 Å². The van der Waals surface area contributed by atoms with Crippen molar-refractivity contribution in [3.05, 3.63) is 58.4 Å². The van der Waals surface area contributed by atoms with E-state index in [9.17, 15) is 9.59 Å². The average molecular weight is 304 g/mol. The van der Waals surface area contributed by atoms with Gasteiger partial charge in [0.15, 0.2) is 0 Å². The van der Waals surface area contributed by atoms with Gasteiger partial charge in [-0.3, -0.25) is 14.6 Å². The van der Waals surface area contributed by atoms with Crippen LogP contribution in [-0.4, -0.2) is 23.8 Å². The number of carbonyl (C=O) groups excluding carboxylic acids is 2. The number of hydrogen-bond acceptors (Lipinski definition) is 3. The second kappa shape index (κ2) is 6.37. The fourth-order valence-corrected chi connectivity index (χ4v) is 1.99. The number of amides is 2. The van der Waals surface area contributed by atoms with E-state index in [-0.39, 0.29) is 11.3 Å². The van der Waals surface area contributed by atoms with Gasteiger partial charge >= 0.3 is 0 Å². The molecule has 1 aromatic heterocycles. The van der Waals surface area contributed by atoms with E-state index < -0.39 is 11.8 Å². The molecular weight excluding hydrogens is 290 g/mol. The van der Waals surface area contributed by atoms with Crippen LogP contribution in [0, 0.1) is 6.92 Å². The smallest absolute Gasteiger partial charge is 0.270 e. The van der Waals surface area contributed by atoms with Gasteiger partial charge in [0.25, 0.3) is 11.8 Å². The number of nitrogens with zero attached hydrogens (tertiary/aromatic N) is 1. The molecule has 0 aliphatic carbocycles. The molecule has 6 heteroatoms. The lowest BCUT2D eigenvalue weighted by atomic mass is 10.1. The number of halogens is 1. The zero-order valence-corrected chi connectivity index (χ0v) is 12.4.